The van der Waals surface area contributed by atoms with Gasteiger partial charge in [-0.3, -0.25) is 4.99 Å². The molecule has 5 rings (SSSR count). The lowest BCUT2D eigenvalue weighted by Gasteiger charge is -2.27. The van der Waals surface area contributed by atoms with Crippen LogP contribution in [0, 0.1) is 11.6 Å². The van der Waals surface area contributed by atoms with Crippen molar-refractivity contribution in [2.75, 3.05) is 0 Å². The number of benzene rings is 2. The van der Waals surface area contributed by atoms with Crippen LogP contribution in [0.2, 0.25) is 0 Å². The largest absolute Gasteiger partial charge is 0.477 e. The maximum absolute atomic E-state index is 14.1. The monoisotopic (exact) mass is 406 g/mol. The fourth-order valence-corrected chi connectivity index (χ4v) is 4.22. The Labute approximate surface area is 175 Å². The standard InChI is InChI=1S/C25H24F2N2O/c26-20-5-2-6-21(27)25(20)23-13-12-22(29-23)17-9-7-16(8-10-17)18-11-14-24(28-15-18)30-19-3-1-4-19/h2,5-10,15,19,22H,1,3-4,11-14H2. The lowest BCUT2D eigenvalue weighted by atomic mass is 9.95. The molecular formula is C25H24F2N2O. The quantitative estimate of drug-likeness (QED) is 0.579. The average Bonchev–Trinajstić information content (AvgIpc) is 3.21. The van der Waals surface area contributed by atoms with Crippen molar-refractivity contribution in [1.29, 1.82) is 0 Å². The van der Waals surface area contributed by atoms with Crippen molar-refractivity contribution in [3.63, 3.8) is 0 Å². The fourth-order valence-electron chi connectivity index (χ4n) is 4.22. The molecule has 3 nitrogen and oxygen atoms in total. The molecule has 0 N–H and O–H groups in total. The Morgan fingerprint density at radius 3 is 2.27 bits per heavy atom. The van der Waals surface area contributed by atoms with Gasteiger partial charge in [-0.2, -0.15) is 0 Å². The van der Waals surface area contributed by atoms with Crippen molar-refractivity contribution in [3.8, 4) is 0 Å². The van der Waals surface area contributed by atoms with Crippen molar-refractivity contribution in [2.24, 2.45) is 9.98 Å². The minimum atomic E-state index is -0.546. The second-order valence-corrected chi connectivity index (χ2v) is 8.20. The third-order valence-corrected chi connectivity index (χ3v) is 6.21. The van der Waals surface area contributed by atoms with Crippen LogP contribution < -0.4 is 0 Å². The van der Waals surface area contributed by atoms with Crippen LogP contribution in [0.5, 0.6) is 0 Å². The van der Waals surface area contributed by atoms with Gasteiger partial charge in [0.15, 0.2) is 5.90 Å². The maximum Gasteiger partial charge on any atom is 0.188 e. The Kier molecular flexibility index (Phi) is 5.19. The summed E-state index contributed by atoms with van der Waals surface area (Å²) >= 11 is 0. The van der Waals surface area contributed by atoms with Crippen molar-refractivity contribution < 1.29 is 13.5 Å². The molecule has 1 saturated carbocycles. The van der Waals surface area contributed by atoms with Crippen LogP contribution in [0.15, 0.2) is 58.6 Å². The van der Waals surface area contributed by atoms with Gasteiger partial charge in [0.2, 0.25) is 0 Å². The van der Waals surface area contributed by atoms with Crippen LogP contribution in [0.25, 0.3) is 5.57 Å². The average molecular weight is 406 g/mol. The van der Waals surface area contributed by atoms with E-state index in [9.17, 15) is 8.78 Å². The van der Waals surface area contributed by atoms with E-state index in [4.69, 9.17) is 4.74 Å². The highest BCUT2D eigenvalue weighted by Gasteiger charge is 2.25. The third-order valence-electron chi connectivity index (χ3n) is 6.21. The van der Waals surface area contributed by atoms with E-state index in [0.29, 0.717) is 18.2 Å². The first kappa shape index (κ1) is 19.2. The lowest BCUT2D eigenvalue weighted by molar-refractivity contribution is 0.104. The van der Waals surface area contributed by atoms with Gasteiger partial charge in [0, 0.05) is 18.3 Å². The van der Waals surface area contributed by atoms with Gasteiger partial charge in [0.25, 0.3) is 0 Å². The summed E-state index contributed by atoms with van der Waals surface area (Å²) in [5.74, 6) is -0.237. The van der Waals surface area contributed by atoms with Crippen LogP contribution >= 0.6 is 0 Å². The Hall–Kier alpha value is -2.82. The number of nitrogens with zero attached hydrogens (tertiary/aromatic N) is 2. The lowest BCUT2D eigenvalue weighted by Crippen LogP contribution is -2.25. The fraction of sp³-hybridized carbons (Fsp3) is 0.360. The van der Waals surface area contributed by atoms with Crippen LogP contribution in [-0.4, -0.2) is 17.7 Å². The number of allylic oxidation sites excluding steroid dienone is 1. The van der Waals surface area contributed by atoms with Gasteiger partial charge in [-0.1, -0.05) is 30.3 Å². The van der Waals surface area contributed by atoms with E-state index in [1.54, 1.807) is 0 Å². The molecule has 2 aromatic carbocycles. The van der Waals surface area contributed by atoms with Gasteiger partial charge in [-0.15, -0.1) is 0 Å². The van der Waals surface area contributed by atoms with Crippen LogP contribution in [0.1, 0.15) is 67.7 Å². The van der Waals surface area contributed by atoms with Crippen LogP contribution in [0.3, 0.4) is 0 Å². The van der Waals surface area contributed by atoms with Gasteiger partial charge < -0.3 is 4.74 Å². The van der Waals surface area contributed by atoms with Crippen LogP contribution in [0.4, 0.5) is 8.78 Å². The first-order valence-electron chi connectivity index (χ1n) is 10.7. The maximum atomic E-state index is 14.1. The summed E-state index contributed by atoms with van der Waals surface area (Å²) in [6, 6.07) is 12.2. The molecule has 0 bridgehead atoms. The molecule has 3 aliphatic rings. The molecular weight excluding hydrogens is 382 g/mol. The Morgan fingerprint density at radius 1 is 0.867 bits per heavy atom. The Morgan fingerprint density at radius 2 is 1.63 bits per heavy atom. The molecule has 0 saturated heterocycles. The molecule has 1 atom stereocenters. The molecule has 5 heteroatoms. The molecule has 0 spiro atoms. The molecule has 154 valence electrons. The highest BCUT2D eigenvalue weighted by Crippen LogP contribution is 2.34. The van der Waals surface area contributed by atoms with Crippen molar-refractivity contribution in [3.05, 3.63) is 77.0 Å². The molecule has 0 amide bonds. The second kappa shape index (κ2) is 8.13. The van der Waals surface area contributed by atoms with E-state index in [1.807, 2.05) is 6.20 Å². The normalized spacial score (nSPS) is 21.5. The minimum absolute atomic E-state index is 0.0155. The van der Waals surface area contributed by atoms with Gasteiger partial charge in [-0.05, 0) is 67.4 Å². The predicted molar refractivity (Wildman–Crippen MR) is 115 cm³/mol. The van der Waals surface area contributed by atoms with Crippen molar-refractivity contribution in [1.82, 2.24) is 0 Å². The highest BCUT2D eigenvalue weighted by molar-refractivity contribution is 6.02. The van der Waals surface area contributed by atoms with E-state index in [-0.39, 0.29) is 11.6 Å². The molecule has 1 aliphatic carbocycles. The summed E-state index contributed by atoms with van der Waals surface area (Å²) in [6.07, 6.45) is 8.93. The van der Waals surface area contributed by atoms with Gasteiger partial charge >= 0.3 is 0 Å². The summed E-state index contributed by atoms with van der Waals surface area (Å²) in [5, 5.41) is 0. The van der Waals surface area contributed by atoms with Crippen LogP contribution in [-0.2, 0) is 4.74 Å². The Bertz CT molecular complexity index is 1020. The summed E-state index contributed by atoms with van der Waals surface area (Å²) in [4.78, 5) is 9.14. The van der Waals surface area contributed by atoms with Gasteiger partial charge in [-0.25, -0.2) is 13.8 Å². The number of aliphatic imine (C=N–C) groups is 2. The molecule has 2 aliphatic heterocycles. The second-order valence-electron chi connectivity index (χ2n) is 8.20. The van der Waals surface area contributed by atoms with E-state index < -0.39 is 11.6 Å². The zero-order valence-electron chi connectivity index (χ0n) is 16.8. The summed E-state index contributed by atoms with van der Waals surface area (Å²) in [7, 11) is 0. The van der Waals surface area contributed by atoms with E-state index in [1.165, 1.54) is 30.2 Å². The van der Waals surface area contributed by atoms with E-state index in [2.05, 4.69) is 34.3 Å². The number of hydrogen-bond acceptors (Lipinski definition) is 3. The number of hydrogen-bond donors (Lipinski definition) is 0. The summed E-state index contributed by atoms with van der Waals surface area (Å²) in [6.45, 7) is 0. The first-order valence-corrected chi connectivity index (χ1v) is 10.7. The topological polar surface area (TPSA) is 34.0 Å². The minimum Gasteiger partial charge on any atom is -0.477 e. The molecule has 2 heterocycles. The SMILES string of the molecule is Fc1cccc(F)c1C1=NC(c2ccc(C3=CN=C(OC4CCC4)CC3)cc2)CC1. The number of halogens is 2. The molecule has 1 fully saturated rings. The molecule has 0 aromatic heterocycles. The van der Waals surface area contributed by atoms with E-state index >= 15 is 0 Å². The highest BCUT2D eigenvalue weighted by atomic mass is 19.1. The summed E-state index contributed by atoms with van der Waals surface area (Å²) in [5.41, 5.74) is 3.95. The van der Waals surface area contributed by atoms with Crippen molar-refractivity contribution >= 4 is 17.2 Å². The Balaban J connectivity index is 1.29. The molecule has 0 radical (unpaired) electrons. The zero-order chi connectivity index (χ0) is 20.5. The number of ether oxygens (including phenoxy) is 1. The molecule has 2 aromatic rings. The first-order chi connectivity index (χ1) is 14.7. The zero-order valence-corrected chi connectivity index (χ0v) is 16.8. The third kappa shape index (κ3) is 3.81. The smallest absolute Gasteiger partial charge is 0.188 e. The van der Waals surface area contributed by atoms with Crippen molar-refractivity contribution in [2.45, 2.75) is 57.1 Å². The predicted octanol–water partition coefficient (Wildman–Crippen LogP) is 6.39. The number of rotatable bonds is 4. The van der Waals surface area contributed by atoms with Gasteiger partial charge in [0.05, 0.1) is 11.6 Å². The molecule has 1 unspecified atom stereocenters. The molecule has 30 heavy (non-hydrogen) atoms. The summed E-state index contributed by atoms with van der Waals surface area (Å²) < 4.78 is 34.0. The van der Waals surface area contributed by atoms with Gasteiger partial charge in [0.1, 0.15) is 17.7 Å². The van der Waals surface area contributed by atoms with E-state index in [0.717, 1.165) is 49.1 Å².